The summed E-state index contributed by atoms with van der Waals surface area (Å²) in [7, 11) is 0. The second-order valence-electron chi connectivity index (χ2n) is 7.35. The zero-order valence-corrected chi connectivity index (χ0v) is 17.4. The summed E-state index contributed by atoms with van der Waals surface area (Å²) in [4.78, 5) is 26.9. The lowest BCUT2D eigenvalue weighted by Crippen LogP contribution is -2.09. The molecule has 1 aromatic heterocycles. The average Bonchev–Trinajstić information content (AvgIpc) is 3.14. The smallest absolute Gasteiger partial charge is 0.331 e. The number of carboxylic acids is 1. The number of aliphatic carboxylic acids is 1. The maximum absolute atomic E-state index is 11.9. The molecule has 0 bridgehead atoms. The van der Waals surface area contributed by atoms with Crippen LogP contribution in [0.4, 0.5) is 5.69 Å². The van der Waals surface area contributed by atoms with Crippen LogP contribution in [0.15, 0.2) is 66.4 Å². The molecule has 1 N–H and O–H groups in total. The van der Waals surface area contributed by atoms with Crippen molar-refractivity contribution < 1.29 is 14.8 Å². The van der Waals surface area contributed by atoms with Crippen molar-refractivity contribution in [2.45, 2.75) is 39.2 Å². The van der Waals surface area contributed by atoms with Crippen molar-refractivity contribution in [2.75, 3.05) is 0 Å². The number of carboxylic acid groups (broad SMARTS) is 1. The predicted octanol–water partition coefficient (Wildman–Crippen LogP) is 4.89. The van der Waals surface area contributed by atoms with Crippen molar-refractivity contribution in [3.8, 4) is 0 Å². The standard InChI is InChI=1S/C24H25N3O4/c1-2-3-9-23-25-16-22(15-20(24(28)29)14-18-7-5-4-6-8-18)26(23)17-19-10-12-21(13-11-19)27(30)31/h4-8,10-13,15-16H,2-3,9,14,17H2,1H3,(H,28,29). The van der Waals surface area contributed by atoms with E-state index in [4.69, 9.17) is 0 Å². The number of carbonyl (C=O) groups is 1. The molecule has 0 amide bonds. The van der Waals surface area contributed by atoms with E-state index < -0.39 is 10.9 Å². The van der Waals surface area contributed by atoms with Crippen LogP contribution in [-0.4, -0.2) is 25.6 Å². The third kappa shape index (κ3) is 5.88. The molecule has 0 saturated heterocycles. The average molecular weight is 419 g/mol. The van der Waals surface area contributed by atoms with Gasteiger partial charge in [0.05, 0.1) is 16.8 Å². The second kappa shape index (κ2) is 10.3. The van der Waals surface area contributed by atoms with Crippen molar-refractivity contribution in [3.05, 3.63) is 99.1 Å². The molecule has 1 heterocycles. The number of hydrogen-bond acceptors (Lipinski definition) is 4. The number of nitro groups is 1. The Morgan fingerprint density at radius 1 is 1.13 bits per heavy atom. The van der Waals surface area contributed by atoms with Crippen LogP contribution in [-0.2, 0) is 24.2 Å². The number of imidazole rings is 1. The Hall–Kier alpha value is -3.74. The fourth-order valence-corrected chi connectivity index (χ4v) is 3.35. The van der Waals surface area contributed by atoms with E-state index in [2.05, 4.69) is 11.9 Å². The summed E-state index contributed by atoms with van der Waals surface area (Å²) < 4.78 is 1.99. The first-order valence-corrected chi connectivity index (χ1v) is 10.2. The number of non-ortho nitro benzene ring substituents is 1. The lowest BCUT2D eigenvalue weighted by molar-refractivity contribution is -0.384. The first kappa shape index (κ1) is 22.0. The van der Waals surface area contributed by atoms with Crippen LogP contribution in [0, 0.1) is 10.1 Å². The third-order valence-electron chi connectivity index (χ3n) is 5.05. The van der Waals surface area contributed by atoms with Crippen LogP contribution in [0.1, 0.15) is 42.4 Å². The fourth-order valence-electron chi connectivity index (χ4n) is 3.35. The number of nitrogens with zero attached hydrogens (tertiary/aromatic N) is 3. The van der Waals surface area contributed by atoms with Gasteiger partial charge in [-0.2, -0.15) is 0 Å². The number of nitro benzene ring substituents is 1. The second-order valence-corrected chi connectivity index (χ2v) is 7.35. The Balaban J connectivity index is 1.94. The Morgan fingerprint density at radius 3 is 2.45 bits per heavy atom. The van der Waals surface area contributed by atoms with Crippen molar-refractivity contribution >= 4 is 17.7 Å². The van der Waals surface area contributed by atoms with Crippen LogP contribution in [0.5, 0.6) is 0 Å². The number of benzene rings is 2. The molecule has 7 heteroatoms. The topological polar surface area (TPSA) is 98.3 Å². The molecule has 0 atom stereocenters. The normalized spacial score (nSPS) is 11.5. The number of hydrogen-bond donors (Lipinski definition) is 1. The molecule has 0 aliphatic heterocycles. The van der Waals surface area contributed by atoms with E-state index in [1.54, 1.807) is 24.4 Å². The van der Waals surface area contributed by atoms with Crippen LogP contribution < -0.4 is 0 Å². The Labute approximate surface area is 180 Å². The van der Waals surface area contributed by atoms with E-state index >= 15 is 0 Å². The Morgan fingerprint density at radius 2 is 1.84 bits per heavy atom. The maximum Gasteiger partial charge on any atom is 0.331 e. The zero-order chi connectivity index (χ0) is 22.2. The molecule has 3 rings (SSSR count). The van der Waals surface area contributed by atoms with Gasteiger partial charge in [-0.05, 0) is 23.6 Å². The van der Waals surface area contributed by atoms with Gasteiger partial charge in [0, 0.05) is 37.1 Å². The monoisotopic (exact) mass is 419 g/mol. The first-order chi connectivity index (χ1) is 15.0. The lowest BCUT2D eigenvalue weighted by atomic mass is 10.0. The van der Waals surface area contributed by atoms with Gasteiger partial charge in [0.15, 0.2) is 0 Å². The van der Waals surface area contributed by atoms with Crippen LogP contribution in [0.3, 0.4) is 0 Å². The first-order valence-electron chi connectivity index (χ1n) is 10.2. The molecule has 0 aliphatic carbocycles. The number of unbranched alkanes of at least 4 members (excludes halogenated alkanes) is 1. The lowest BCUT2D eigenvalue weighted by Gasteiger charge is -2.11. The molecule has 0 aliphatic rings. The number of aryl methyl sites for hydroxylation is 1. The molecule has 160 valence electrons. The van der Waals surface area contributed by atoms with E-state index in [0.717, 1.165) is 36.2 Å². The summed E-state index contributed by atoms with van der Waals surface area (Å²) in [5.74, 6) is -0.0991. The van der Waals surface area contributed by atoms with Crippen molar-refractivity contribution in [1.82, 2.24) is 9.55 Å². The Bertz CT molecular complexity index is 1070. The van der Waals surface area contributed by atoms with Gasteiger partial charge in [-0.1, -0.05) is 55.8 Å². The highest BCUT2D eigenvalue weighted by Crippen LogP contribution is 2.19. The Kier molecular flexibility index (Phi) is 7.32. The summed E-state index contributed by atoms with van der Waals surface area (Å²) in [6.45, 7) is 2.56. The maximum atomic E-state index is 11.9. The molecule has 0 saturated carbocycles. The predicted molar refractivity (Wildman–Crippen MR) is 119 cm³/mol. The largest absolute Gasteiger partial charge is 0.478 e. The minimum atomic E-state index is -0.970. The van der Waals surface area contributed by atoms with Crippen molar-refractivity contribution in [3.63, 3.8) is 0 Å². The van der Waals surface area contributed by atoms with Gasteiger partial charge in [-0.25, -0.2) is 9.78 Å². The highest BCUT2D eigenvalue weighted by molar-refractivity contribution is 5.92. The highest BCUT2D eigenvalue weighted by Gasteiger charge is 2.14. The van der Waals surface area contributed by atoms with Gasteiger partial charge in [0.25, 0.3) is 5.69 Å². The molecule has 0 unspecified atom stereocenters. The van der Waals surface area contributed by atoms with E-state index in [9.17, 15) is 20.0 Å². The number of aromatic nitrogens is 2. The van der Waals surface area contributed by atoms with Crippen molar-refractivity contribution in [1.29, 1.82) is 0 Å². The van der Waals surface area contributed by atoms with E-state index in [0.29, 0.717) is 18.7 Å². The molecule has 7 nitrogen and oxygen atoms in total. The van der Waals surface area contributed by atoms with Gasteiger partial charge in [0.2, 0.25) is 0 Å². The molecule has 0 radical (unpaired) electrons. The molecule has 2 aromatic carbocycles. The summed E-state index contributed by atoms with van der Waals surface area (Å²) in [5.41, 5.74) is 2.83. The third-order valence-corrected chi connectivity index (χ3v) is 5.05. The van der Waals surface area contributed by atoms with Gasteiger partial charge in [-0.15, -0.1) is 0 Å². The SMILES string of the molecule is CCCCc1ncc(C=C(Cc2ccccc2)C(=O)O)n1Cc1ccc([N+](=O)[O-])cc1. The molecule has 31 heavy (non-hydrogen) atoms. The van der Waals surface area contributed by atoms with Gasteiger partial charge in [-0.3, -0.25) is 10.1 Å². The summed E-state index contributed by atoms with van der Waals surface area (Å²) in [6, 6.07) is 15.9. The van der Waals surface area contributed by atoms with Crippen LogP contribution in [0.25, 0.3) is 6.08 Å². The molecular weight excluding hydrogens is 394 g/mol. The summed E-state index contributed by atoms with van der Waals surface area (Å²) >= 11 is 0. The summed E-state index contributed by atoms with van der Waals surface area (Å²) in [6.07, 6.45) is 6.44. The zero-order valence-electron chi connectivity index (χ0n) is 17.4. The van der Waals surface area contributed by atoms with Crippen LogP contribution in [0.2, 0.25) is 0 Å². The van der Waals surface area contributed by atoms with Crippen LogP contribution >= 0.6 is 0 Å². The molecule has 0 spiro atoms. The van der Waals surface area contributed by atoms with E-state index in [1.165, 1.54) is 12.1 Å². The fraction of sp³-hybridized carbons (Fsp3) is 0.250. The van der Waals surface area contributed by atoms with E-state index in [1.807, 2.05) is 34.9 Å². The number of rotatable bonds is 10. The minimum absolute atomic E-state index is 0.0386. The highest BCUT2D eigenvalue weighted by atomic mass is 16.6. The van der Waals surface area contributed by atoms with E-state index in [-0.39, 0.29) is 11.3 Å². The molecular formula is C24H25N3O4. The molecule has 3 aromatic rings. The minimum Gasteiger partial charge on any atom is -0.478 e. The molecule has 0 fully saturated rings. The quantitative estimate of drug-likeness (QED) is 0.286. The summed E-state index contributed by atoms with van der Waals surface area (Å²) in [5, 5.41) is 20.7. The van der Waals surface area contributed by atoms with Gasteiger partial charge in [0.1, 0.15) is 5.82 Å². The van der Waals surface area contributed by atoms with Crippen molar-refractivity contribution in [2.24, 2.45) is 0 Å². The van der Waals surface area contributed by atoms with Gasteiger partial charge >= 0.3 is 5.97 Å². The van der Waals surface area contributed by atoms with Gasteiger partial charge < -0.3 is 9.67 Å².